The molecule has 0 atom stereocenters. The van der Waals surface area contributed by atoms with E-state index in [-0.39, 0.29) is 5.97 Å². The van der Waals surface area contributed by atoms with Crippen molar-refractivity contribution in [1.29, 1.82) is 0 Å². The van der Waals surface area contributed by atoms with E-state index in [9.17, 15) is 4.79 Å². The topological polar surface area (TPSA) is 44.1 Å². The Bertz CT molecular complexity index is 347. The van der Waals surface area contributed by atoms with Crippen LogP contribution in [0.5, 0.6) is 0 Å². The van der Waals surface area contributed by atoms with Gasteiger partial charge < -0.3 is 4.74 Å². The number of ether oxygens (including phenoxy) is 1. The van der Waals surface area contributed by atoms with E-state index in [1.165, 1.54) is 7.11 Å². The highest BCUT2D eigenvalue weighted by atomic mass is 79.9. The van der Waals surface area contributed by atoms with Crippen LogP contribution in [0, 0.1) is 13.8 Å². The Morgan fingerprint density at radius 2 is 2.21 bits per heavy atom. The summed E-state index contributed by atoms with van der Waals surface area (Å²) in [4.78, 5) is 10.9. The lowest BCUT2D eigenvalue weighted by molar-refractivity contribution is -0.140. The fourth-order valence-corrected chi connectivity index (χ4v) is 1.48. The molecule has 0 saturated carbocycles. The number of carbonyl (C=O) groups is 1. The normalized spacial score (nSPS) is 10.3. The number of hydrogen-bond acceptors (Lipinski definition) is 3. The number of aromatic nitrogens is 2. The largest absolute Gasteiger partial charge is 0.469 e. The molecular formula is C9H13BrN2O2. The minimum atomic E-state index is -0.214. The van der Waals surface area contributed by atoms with Gasteiger partial charge in [0.1, 0.15) is 0 Å². The summed E-state index contributed by atoms with van der Waals surface area (Å²) in [5.41, 5.74) is 1.97. The second kappa shape index (κ2) is 4.59. The first-order valence-corrected chi connectivity index (χ1v) is 5.12. The Balaban J connectivity index is 2.68. The maximum atomic E-state index is 10.9. The highest BCUT2D eigenvalue weighted by Crippen LogP contribution is 2.19. The van der Waals surface area contributed by atoms with Crippen LogP contribution in [0.15, 0.2) is 4.47 Å². The van der Waals surface area contributed by atoms with Gasteiger partial charge in [0.05, 0.1) is 30.2 Å². The number of methoxy groups -OCH3 is 1. The zero-order valence-electron chi connectivity index (χ0n) is 8.50. The number of carbonyl (C=O) groups excluding carboxylic acids is 1. The van der Waals surface area contributed by atoms with Crippen LogP contribution in [0.25, 0.3) is 0 Å². The molecule has 1 aromatic rings. The number of rotatable bonds is 3. The van der Waals surface area contributed by atoms with Gasteiger partial charge in [-0.1, -0.05) is 0 Å². The third-order valence-electron chi connectivity index (χ3n) is 2.05. The van der Waals surface area contributed by atoms with Crippen LogP contribution in [0.2, 0.25) is 0 Å². The second-order valence-corrected chi connectivity index (χ2v) is 3.83. The molecule has 0 N–H and O–H groups in total. The molecular weight excluding hydrogens is 248 g/mol. The van der Waals surface area contributed by atoms with E-state index in [4.69, 9.17) is 0 Å². The zero-order chi connectivity index (χ0) is 10.7. The molecule has 0 saturated heterocycles. The molecule has 4 nitrogen and oxygen atoms in total. The predicted molar refractivity (Wildman–Crippen MR) is 56.0 cm³/mol. The Morgan fingerprint density at radius 3 is 2.64 bits per heavy atom. The van der Waals surface area contributed by atoms with Gasteiger partial charge in [-0.15, -0.1) is 0 Å². The summed E-state index contributed by atoms with van der Waals surface area (Å²) in [6.45, 7) is 4.44. The molecule has 0 amide bonds. The molecule has 0 unspecified atom stereocenters. The zero-order valence-corrected chi connectivity index (χ0v) is 10.1. The van der Waals surface area contributed by atoms with Crippen molar-refractivity contribution >= 4 is 21.9 Å². The van der Waals surface area contributed by atoms with Crippen LogP contribution in [-0.2, 0) is 16.1 Å². The van der Waals surface area contributed by atoms with Crippen molar-refractivity contribution in [2.45, 2.75) is 26.8 Å². The van der Waals surface area contributed by atoms with Gasteiger partial charge in [-0.05, 0) is 29.8 Å². The van der Waals surface area contributed by atoms with Gasteiger partial charge in [-0.3, -0.25) is 9.48 Å². The third-order valence-corrected chi connectivity index (χ3v) is 3.20. The van der Waals surface area contributed by atoms with Gasteiger partial charge in [0, 0.05) is 5.69 Å². The van der Waals surface area contributed by atoms with Crippen molar-refractivity contribution in [2.24, 2.45) is 0 Å². The van der Waals surface area contributed by atoms with Gasteiger partial charge in [0.25, 0.3) is 0 Å². The summed E-state index contributed by atoms with van der Waals surface area (Å²) >= 11 is 3.42. The average Bonchev–Trinajstić information content (AvgIpc) is 2.42. The first kappa shape index (κ1) is 11.2. The Labute approximate surface area is 91.4 Å². The van der Waals surface area contributed by atoms with Gasteiger partial charge >= 0.3 is 5.97 Å². The van der Waals surface area contributed by atoms with E-state index in [0.717, 1.165) is 15.9 Å². The molecule has 0 fully saturated rings. The van der Waals surface area contributed by atoms with E-state index in [0.29, 0.717) is 13.0 Å². The Morgan fingerprint density at radius 1 is 1.57 bits per heavy atom. The second-order valence-electron chi connectivity index (χ2n) is 3.03. The minimum absolute atomic E-state index is 0.214. The fourth-order valence-electron chi connectivity index (χ4n) is 1.19. The maximum Gasteiger partial charge on any atom is 0.307 e. The van der Waals surface area contributed by atoms with Gasteiger partial charge in [-0.25, -0.2) is 0 Å². The highest BCUT2D eigenvalue weighted by Gasteiger charge is 2.09. The SMILES string of the molecule is COC(=O)CCn1nc(C)c(Br)c1C. The molecule has 78 valence electrons. The van der Waals surface area contributed by atoms with Crippen LogP contribution < -0.4 is 0 Å². The van der Waals surface area contributed by atoms with Gasteiger partial charge in [0.2, 0.25) is 0 Å². The summed E-state index contributed by atoms with van der Waals surface area (Å²) in [7, 11) is 1.39. The molecule has 0 aliphatic heterocycles. The molecule has 0 bridgehead atoms. The van der Waals surface area contributed by atoms with Crippen LogP contribution in [0.1, 0.15) is 17.8 Å². The number of esters is 1. The fraction of sp³-hybridized carbons (Fsp3) is 0.556. The van der Waals surface area contributed by atoms with Crippen molar-refractivity contribution in [1.82, 2.24) is 9.78 Å². The Hall–Kier alpha value is -0.840. The van der Waals surface area contributed by atoms with Crippen molar-refractivity contribution in [3.05, 3.63) is 15.9 Å². The highest BCUT2D eigenvalue weighted by molar-refractivity contribution is 9.10. The molecule has 5 heteroatoms. The van der Waals surface area contributed by atoms with E-state index >= 15 is 0 Å². The van der Waals surface area contributed by atoms with E-state index in [1.54, 1.807) is 4.68 Å². The molecule has 0 spiro atoms. The molecule has 1 heterocycles. The summed E-state index contributed by atoms with van der Waals surface area (Å²) in [6, 6.07) is 0. The molecule has 0 aliphatic rings. The average molecular weight is 261 g/mol. The van der Waals surface area contributed by atoms with Crippen molar-refractivity contribution in [3.8, 4) is 0 Å². The van der Waals surface area contributed by atoms with E-state index < -0.39 is 0 Å². The minimum Gasteiger partial charge on any atom is -0.469 e. The summed E-state index contributed by atoms with van der Waals surface area (Å²) in [6.07, 6.45) is 0.352. The lowest BCUT2D eigenvalue weighted by Crippen LogP contribution is -2.09. The van der Waals surface area contributed by atoms with Gasteiger partial charge in [0.15, 0.2) is 0 Å². The predicted octanol–water partition coefficient (Wildman–Crippen LogP) is 1.83. The number of halogens is 1. The monoisotopic (exact) mass is 260 g/mol. The van der Waals surface area contributed by atoms with Crippen molar-refractivity contribution in [2.75, 3.05) is 7.11 Å². The van der Waals surface area contributed by atoms with Crippen LogP contribution in [0.4, 0.5) is 0 Å². The number of nitrogens with zero attached hydrogens (tertiary/aromatic N) is 2. The van der Waals surface area contributed by atoms with Crippen LogP contribution in [0.3, 0.4) is 0 Å². The standard InChI is InChI=1S/C9H13BrN2O2/c1-6-9(10)7(2)12(11-6)5-4-8(13)14-3/h4-5H2,1-3H3. The van der Waals surface area contributed by atoms with E-state index in [1.807, 2.05) is 13.8 Å². The van der Waals surface area contributed by atoms with Crippen molar-refractivity contribution < 1.29 is 9.53 Å². The lowest BCUT2D eigenvalue weighted by Gasteiger charge is -2.02. The molecule has 1 rings (SSSR count). The quantitative estimate of drug-likeness (QED) is 0.779. The number of aryl methyl sites for hydroxylation is 2. The first-order chi connectivity index (χ1) is 6.56. The lowest BCUT2D eigenvalue weighted by atomic mass is 10.4. The summed E-state index contributed by atoms with van der Waals surface area (Å²) in [5.74, 6) is -0.214. The Kier molecular flexibility index (Phi) is 3.69. The van der Waals surface area contributed by atoms with E-state index in [2.05, 4.69) is 25.8 Å². The number of hydrogen-bond donors (Lipinski definition) is 0. The van der Waals surface area contributed by atoms with Crippen molar-refractivity contribution in [3.63, 3.8) is 0 Å². The maximum absolute atomic E-state index is 10.9. The molecule has 1 aromatic heterocycles. The first-order valence-electron chi connectivity index (χ1n) is 4.32. The third kappa shape index (κ3) is 2.35. The van der Waals surface area contributed by atoms with Gasteiger partial charge in [-0.2, -0.15) is 5.10 Å². The van der Waals surface area contributed by atoms with Crippen LogP contribution in [-0.4, -0.2) is 22.9 Å². The summed E-state index contributed by atoms with van der Waals surface area (Å²) in [5, 5.41) is 4.28. The summed E-state index contributed by atoms with van der Waals surface area (Å²) < 4.78 is 7.36. The molecule has 0 aromatic carbocycles. The molecule has 0 aliphatic carbocycles. The molecule has 14 heavy (non-hydrogen) atoms. The van der Waals surface area contributed by atoms with Crippen LogP contribution >= 0.6 is 15.9 Å². The smallest absolute Gasteiger partial charge is 0.307 e. The molecule has 0 radical (unpaired) electrons.